The van der Waals surface area contributed by atoms with Crippen molar-refractivity contribution >= 4 is 46.3 Å². The summed E-state index contributed by atoms with van der Waals surface area (Å²) in [5, 5.41) is 6.43. The normalized spacial score (nSPS) is 13.5. The first kappa shape index (κ1) is 22.2. The second-order valence-electron chi connectivity index (χ2n) is 7.64. The number of aromatic nitrogens is 1. The number of carbonyl (C=O) groups excluding carboxylic acids is 3. The zero-order valence-electron chi connectivity index (χ0n) is 18.1. The maximum atomic E-state index is 13.4. The van der Waals surface area contributed by atoms with Gasteiger partial charge in [0, 0.05) is 35.7 Å². The van der Waals surface area contributed by atoms with Crippen LogP contribution in [-0.2, 0) is 20.9 Å². The lowest BCUT2D eigenvalue weighted by molar-refractivity contribution is -0.137. The van der Waals surface area contributed by atoms with Crippen molar-refractivity contribution in [2.45, 2.75) is 20.4 Å². The lowest BCUT2D eigenvalue weighted by Gasteiger charge is -2.15. The van der Waals surface area contributed by atoms with Gasteiger partial charge >= 0.3 is 0 Å². The molecule has 0 fully saturated rings. The molecule has 0 atom stereocenters. The van der Waals surface area contributed by atoms with Gasteiger partial charge < -0.3 is 10.6 Å². The Bertz CT molecular complexity index is 1270. The van der Waals surface area contributed by atoms with Gasteiger partial charge in [-0.25, -0.2) is 0 Å². The Hall–Kier alpha value is -3.97. The average molecular weight is 461 g/mol. The first-order valence-electron chi connectivity index (χ1n) is 10.2. The number of amides is 3. The minimum Gasteiger partial charge on any atom is -0.350 e. The molecule has 0 bridgehead atoms. The van der Waals surface area contributed by atoms with Crippen molar-refractivity contribution in [3.8, 4) is 0 Å². The van der Waals surface area contributed by atoms with Crippen LogP contribution in [0.15, 0.2) is 72.7 Å². The van der Waals surface area contributed by atoms with Crippen LogP contribution in [0.5, 0.6) is 0 Å². The predicted molar refractivity (Wildman–Crippen MR) is 127 cm³/mol. The Morgan fingerprint density at radius 1 is 1.00 bits per heavy atom. The fourth-order valence-electron chi connectivity index (χ4n) is 3.60. The lowest BCUT2D eigenvalue weighted by Crippen LogP contribution is -2.32. The molecule has 166 valence electrons. The molecule has 0 spiro atoms. The van der Waals surface area contributed by atoms with E-state index < -0.39 is 11.8 Å². The van der Waals surface area contributed by atoms with Crippen LogP contribution in [0.25, 0.3) is 5.57 Å². The molecule has 1 aliphatic heterocycles. The van der Waals surface area contributed by atoms with E-state index in [4.69, 9.17) is 11.6 Å². The third kappa shape index (κ3) is 4.78. The molecule has 0 aliphatic carbocycles. The Labute approximate surface area is 196 Å². The molecule has 4 rings (SSSR count). The van der Waals surface area contributed by atoms with E-state index in [9.17, 15) is 14.4 Å². The van der Waals surface area contributed by atoms with E-state index in [2.05, 4.69) is 15.6 Å². The highest BCUT2D eigenvalue weighted by Gasteiger charge is 2.39. The highest BCUT2D eigenvalue weighted by Crippen LogP contribution is 2.33. The van der Waals surface area contributed by atoms with E-state index in [1.165, 1.54) is 11.8 Å². The smallest absolute Gasteiger partial charge is 0.278 e. The number of aryl methyl sites for hydroxylation is 1. The number of imide groups is 1. The van der Waals surface area contributed by atoms with Crippen molar-refractivity contribution in [2.24, 2.45) is 0 Å². The Kier molecular flexibility index (Phi) is 6.24. The van der Waals surface area contributed by atoms with Gasteiger partial charge in [-0.3, -0.25) is 24.3 Å². The number of carbonyl (C=O) groups is 3. The molecule has 0 unspecified atom stereocenters. The van der Waals surface area contributed by atoms with Crippen molar-refractivity contribution in [3.05, 3.63) is 94.4 Å². The van der Waals surface area contributed by atoms with E-state index in [1.807, 2.05) is 6.92 Å². The Morgan fingerprint density at radius 3 is 2.33 bits per heavy atom. The van der Waals surface area contributed by atoms with Crippen LogP contribution in [0.2, 0.25) is 5.02 Å². The number of anilines is 2. The minimum absolute atomic E-state index is 0.123. The molecule has 3 aromatic rings. The second-order valence-corrected chi connectivity index (χ2v) is 8.08. The fraction of sp³-hybridized carbons (Fsp3) is 0.120. The molecule has 1 aliphatic rings. The van der Waals surface area contributed by atoms with Gasteiger partial charge in [0.1, 0.15) is 5.70 Å². The van der Waals surface area contributed by atoms with Gasteiger partial charge in [-0.1, -0.05) is 23.7 Å². The average Bonchev–Trinajstić information content (AvgIpc) is 3.01. The largest absolute Gasteiger partial charge is 0.350 e. The third-order valence-corrected chi connectivity index (χ3v) is 5.44. The third-order valence-electron chi connectivity index (χ3n) is 5.20. The van der Waals surface area contributed by atoms with Crippen LogP contribution in [0, 0.1) is 6.92 Å². The second kappa shape index (κ2) is 9.26. The Morgan fingerprint density at radius 2 is 1.70 bits per heavy atom. The fourth-order valence-corrected chi connectivity index (χ4v) is 3.83. The predicted octanol–water partition coefficient (Wildman–Crippen LogP) is 4.39. The van der Waals surface area contributed by atoms with Crippen molar-refractivity contribution in [2.75, 3.05) is 10.6 Å². The molecule has 3 amide bonds. The van der Waals surface area contributed by atoms with E-state index in [0.29, 0.717) is 22.0 Å². The zero-order valence-corrected chi connectivity index (χ0v) is 18.8. The van der Waals surface area contributed by atoms with Crippen LogP contribution < -0.4 is 10.6 Å². The van der Waals surface area contributed by atoms with Gasteiger partial charge in [0.25, 0.3) is 11.8 Å². The molecule has 2 aromatic carbocycles. The monoisotopic (exact) mass is 460 g/mol. The van der Waals surface area contributed by atoms with Crippen molar-refractivity contribution < 1.29 is 14.4 Å². The van der Waals surface area contributed by atoms with E-state index in [1.54, 1.807) is 67.0 Å². The molecular weight excluding hydrogens is 440 g/mol. The summed E-state index contributed by atoms with van der Waals surface area (Å²) in [6, 6.07) is 15.6. The van der Waals surface area contributed by atoms with Crippen LogP contribution in [0.3, 0.4) is 0 Å². The van der Waals surface area contributed by atoms with E-state index >= 15 is 0 Å². The van der Waals surface area contributed by atoms with Gasteiger partial charge in [0.05, 0.1) is 12.1 Å². The maximum absolute atomic E-state index is 13.4. The molecule has 33 heavy (non-hydrogen) atoms. The summed E-state index contributed by atoms with van der Waals surface area (Å²) >= 11 is 6.07. The summed E-state index contributed by atoms with van der Waals surface area (Å²) in [5.74, 6) is -1.02. The first-order chi connectivity index (χ1) is 15.8. The molecule has 0 radical (unpaired) electrons. The van der Waals surface area contributed by atoms with Crippen LogP contribution in [0.4, 0.5) is 11.4 Å². The molecule has 0 saturated carbocycles. The van der Waals surface area contributed by atoms with Crippen molar-refractivity contribution in [1.82, 2.24) is 9.88 Å². The molecule has 7 nitrogen and oxygen atoms in total. The number of hydrogen-bond acceptors (Lipinski definition) is 5. The maximum Gasteiger partial charge on any atom is 0.278 e. The van der Waals surface area contributed by atoms with E-state index in [-0.39, 0.29) is 23.7 Å². The number of nitrogens with zero attached hydrogens (tertiary/aromatic N) is 2. The molecule has 0 saturated heterocycles. The van der Waals surface area contributed by atoms with Gasteiger partial charge in [-0.2, -0.15) is 0 Å². The summed E-state index contributed by atoms with van der Waals surface area (Å²) in [6.07, 6.45) is 3.23. The highest BCUT2D eigenvalue weighted by atomic mass is 35.5. The standard InChI is InChI=1S/C25H21ClN4O3/c1-15-13-19(26)5-8-21(15)29-23-22(18-3-6-20(7-4-18)28-16(2)31)24(32)30(25(23)33)14-17-9-11-27-12-10-17/h3-13,29H,14H2,1-2H3,(H,28,31). The van der Waals surface area contributed by atoms with Crippen LogP contribution in [-0.4, -0.2) is 27.6 Å². The topological polar surface area (TPSA) is 91.4 Å². The van der Waals surface area contributed by atoms with Gasteiger partial charge in [-0.15, -0.1) is 0 Å². The number of pyridine rings is 1. The number of hydrogen-bond donors (Lipinski definition) is 2. The highest BCUT2D eigenvalue weighted by molar-refractivity contribution is 6.36. The minimum atomic E-state index is -0.424. The summed E-state index contributed by atoms with van der Waals surface area (Å²) in [7, 11) is 0. The Balaban J connectivity index is 1.74. The SMILES string of the molecule is CC(=O)Nc1ccc(C2=C(Nc3ccc(Cl)cc3C)C(=O)N(Cc3ccncc3)C2=O)cc1. The number of nitrogens with one attached hydrogen (secondary N) is 2. The lowest BCUT2D eigenvalue weighted by atomic mass is 10.0. The van der Waals surface area contributed by atoms with Gasteiger partial charge in [-0.05, 0) is 66.1 Å². The first-order valence-corrected chi connectivity index (χ1v) is 10.6. The zero-order chi connectivity index (χ0) is 23.5. The number of halogens is 1. The van der Waals surface area contributed by atoms with E-state index in [0.717, 1.165) is 11.1 Å². The molecule has 2 heterocycles. The summed E-state index contributed by atoms with van der Waals surface area (Å²) < 4.78 is 0. The summed E-state index contributed by atoms with van der Waals surface area (Å²) in [4.78, 5) is 43.3. The van der Waals surface area contributed by atoms with Gasteiger partial charge in [0.2, 0.25) is 5.91 Å². The molecular formula is C25H21ClN4O3. The summed E-state index contributed by atoms with van der Waals surface area (Å²) in [5.41, 5.74) is 3.91. The summed E-state index contributed by atoms with van der Waals surface area (Å²) in [6.45, 7) is 3.41. The van der Waals surface area contributed by atoms with Crippen LogP contribution >= 0.6 is 11.6 Å². The van der Waals surface area contributed by atoms with Crippen molar-refractivity contribution in [3.63, 3.8) is 0 Å². The van der Waals surface area contributed by atoms with Crippen LogP contribution in [0.1, 0.15) is 23.6 Å². The number of rotatable bonds is 6. The molecule has 2 N–H and O–H groups in total. The van der Waals surface area contributed by atoms with Gasteiger partial charge in [0.15, 0.2) is 0 Å². The quantitative estimate of drug-likeness (QED) is 0.532. The molecule has 1 aromatic heterocycles. The molecule has 8 heteroatoms. The van der Waals surface area contributed by atoms with Crippen molar-refractivity contribution in [1.29, 1.82) is 0 Å². The number of benzene rings is 2.